The van der Waals surface area contributed by atoms with E-state index in [0.717, 1.165) is 47.3 Å². The van der Waals surface area contributed by atoms with Gasteiger partial charge >= 0.3 is 0 Å². The molecule has 202 valence electrons. The highest BCUT2D eigenvalue weighted by molar-refractivity contribution is 4.92. The summed E-state index contributed by atoms with van der Waals surface area (Å²) in [6.07, 6.45) is 37.8. The maximum Gasteiger partial charge on any atom is -0.0233 e. The van der Waals surface area contributed by atoms with Gasteiger partial charge in [-0.2, -0.15) is 0 Å². The van der Waals surface area contributed by atoms with Crippen molar-refractivity contribution in [3.8, 4) is 0 Å². The first-order valence-electron chi connectivity index (χ1n) is 16.4. The first kappa shape index (κ1) is 29.0. The summed E-state index contributed by atoms with van der Waals surface area (Å²) in [5.74, 6) is 8.28. The molecule has 0 spiro atoms. The lowest BCUT2D eigenvalue weighted by Gasteiger charge is -2.37. The molecule has 4 aliphatic carbocycles. The minimum Gasteiger partial charge on any atom is -0.0914 e. The minimum absolute atomic E-state index is 0.905. The Hall–Kier alpha value is -0.520. The Kier molecular flexibility index (Phi) is 13.6. The van der Waals surface area contributed by atoms with Crippen molar-refractivity contribution < 1.29 is 0 Å². The molecule has 0 saturated heterocycles. The third kappa shape index (κ3) is 9.70. The third-order valence-electron chi connectivity index (χ3n) is 11.0. The zero-order valence-electron chi connectivity index (χ0n) is 24.4. The smallest absolute Gasteiger partial charge is 0.0233 e. The first-order chi connectivity index (χ1) is 17.2. The van der Waals surface area contributed by atoms with Gasteiger partial charge in [0.15, 0.2) is 0 Å². The molecular formula is C35H62. The van der Waals surface area contributed by atoms with Crippen LogP contribution in [-0.2, 0) is 0 Å². The summed E-state index contributed by atoms with van der Waals surface area (Å²) in [4.78, 5) is 0. The molecule has 0 radical (unpaired) electrons. The number of hydrogen-bond donors (Lipinski definition) is 0. The van der Waals surface area contributed by atoms with E-state index in [0.29, 0.717) is 0 Å². The highest BCUT2D eigenvalue weighted by Gasteiger charge is 2.31. The first-order valence-corrected chi connectivity index (χ1v) is 16.4. The minimum atomic E-state index is 0.905. The largest absolute Gasteiger partial charge is 0.0914 e. The fourth-order valence-corrected chi connectivity index (χ4v) is 8.59. The second-order valence-electron chi connectivity index (χ2n) is 13.2. The summed E-state index contributed by atoms with van der Waals surface area (Å²) in [6.45, 7) is 9.04. The Balaban J connectivity index is 0.000000196. The van der Waals surface area contributed by atoms with Gasteiger partial charge in [0, 0.05) is 0 Å². The van der Waals surface area contributed by atoms with Crippen molar-refractivity contribution in [2.75, 3.05) is 0 Å². The van der Waals surface area contributed by atoms with Crippen LogP contribution in [0.15, 0.2) is 24.3 Å². The van der Waals surface area contributed by atoms with E-state index in [1.807, 2.05) is 0 Å². The van der Waals surface area contributed by atoms with Crippen LogP contribution in [0.4, 0.5) is 0 Å². The maximum atomic E-state index is 2.44. The Bertz CT molecular complexity index is 567. The standard InChI is InChI=1S/C18H32.C17H30/c1-3-5-15-7-11-17(12-8-15)18-13-9-16(6-4-2)10-14-18;1-3-5-15-8-12-17(13-9-15)16-10-6-14(4-2)7-11-16/h3,5,15-18H,4,6-14H2,1-2H3;3,5,14-17H,4,6-13H2,1-2H3/b2*5-3+. The fraction of sp³-hybridized carbons (Fsp3) is 0.886. The molecule has 0 heterocycles. The van der Waals surface area contributed by atoms with Gasteiger partial charge in [-0.05, 0) is 138 Å². The van der Waals surface area contributed by atoms with E-state index in [1.165, 1.54) is 109 Å². The van der Waals surface area contributed by atoms with Gasteiger partial charge in [0.2, 0.25) is 0 Å². The third-order valence-corrected chi connectivity index (χ3v) is 11.0. The molecule has 0 N–H and O–H groups in total. The Morgan fingerprint density at radius 2 is 0.800 bits per heavy atom. The Labute approximate surface area is 221 Å². The van der Waals surface area contributed by atoms with E-state index in [9.17, 15) is 0 Å². The van der Waals surface area contributed by atoms with Gasteiger partial charge in [-0.3, -0.25) is 0 Å². The summed E-state index contributed by atoms with van der Waals surface area (Å²) in [5, 5.41) is 0. The lowest BCUT2D eigenvalue weighted by atomic mass is 9.69. The molecule has 0 aliphatic heterocycles. The molecule has 4 fully saturated rings. The molecule has 0 aromatic rings. The predicted molar refractivity (Wildman–Crippen MR) is 157 cm³/mol. The van der Waals surface area contributed by atoms with Crippen LogP contribution in [0.3, 0.4) is 0 Å². The van der Waals surface area contributed by atoms with Gasteiger partial charge in [-0.1, -0.05) is 83.1 Å². The van der Waals surface area contributed by atoms with Crippen molar-refractivity contribution in [3.63, 3.8) is 0 Å². The van der Waals surface area contributed by atoms with Crippen molar-refractivity contribution in [1.29, 1.82) is 0 Å². The molecule has 35 heavy (non-hydrogen) atoms. The second kappa shape index (κ2) is 16.3. The van der Waals surface area contributed by atoms with Crippen molar-refractivity contribution in [1.82, 2.24) is 0 Å². The van der Waals surface area contributed by atoms with E-state index in [-0.39, 0.29) is 0 Å². The Morgan fingerprint density at radius 3 is 1.11 bits per heavy atom. The van der Waals surface area contributed by atoms with Crippen LogP contribution in [0.5, 0.6) is 0 Å². The monoisotopic (exact) mass is 482 g/mol. The quantitative estimate of drug-likeness (QED) is 0.316. The molecule has 4 saturated carbocycles. The highest BCUT2D eigenvalue weighted by atomic mass is 14.4. The molecule has 4 rings (SSSR count). The van der Waals surface area contributed by atoms with Crippen molar-refractivity contribution in [3.05, 3.63) is 24.3 Å². The van der Waals surface area contributed by atoms with Crippen LogP contribution in [-0.4, -0.2) is 0 Å². The molecule has 4 aliphatic rings. The molecule has 0 aromatic carbocycles. The second-order valence-corrected chi connectivity index (χ2v) is 13.2. The molecule has 0 heteroatoms. The summed E-state index contributed by atoms with van der Waals surface area (Å²) in [5.41, 5.74) is 0. The maximum absolute atomic E-state index is 2.44. The predicted octanol–water partition coefficient (Wildman–Crippen LogP) is 11.6. The van der Waals surface area contributed by atoms with Gasteiger partial charge in [0.25, 0.3) is 0 Å². The van der Waals surface area contributed by atoms with Gasteiger partial charge in [0.1, 0.15) is 0 Å². The number of hydrogen-bond acceptors (Lipinski definition) is 0. The van der Waals surface area contributed by atoms with Crippen molar-refractivity contribution in [2.45, 2.75) is 150 Å². The molecule has 0 aromatic heterocycles. The van der Waals surface area contributed by atoms with Crippen LogP contribution in [0.1, 0.15) is 150 Å². The van der Waals surface area contributed by atoms with E-state index in [2.05, 4.69) is 52.0 Å². The van der Waals surface area contributed by atoms with Crippen molar-refractivity contribution >= 4 is 0 Å². The van der Waals surface area contributed by atoms with E-state index in [4.69, 9.17) is 0 Å². The SMILES string of the molecule is C/C=C/C1CCC(C2CCC(CC)CC2)CC1.C/C=C/C1CCC(C2CCC(CCC)CC2)CC1. The molecule has 0 amide bonds. The average Bonchev–Trinajstić information content (AvgIpc) is 2.91. The lowest BCUT2D eigenvalue weighted by molar-refractivity contribution is 0.152. The van der Waals surface area contributed by atoms with E-state index < -0.39 is 0 Å². The zero-order valence-corrected chi connectivity index (χ0v) is 24.4. The topological polar surface area (TPSA) is 0 Å². The summed E-state index contributed by atoms with van der Waals surface area (Å²) >= 11 is 0. The van der Waals surface area contributed by atoms with E-state index in [1.54, 1.807) is 12.8 Å². The number of allylic oxidation sites excluding steroid dienone is 4. The van der Waals surface area contributed by atoms with Crippen molar-refractivity contribution in [2.24, 2.45) is 47.3 Å². The van der Waals surface area contributed by atoms with Crippen LogP contribution in [0, 0.1) is 47.3 Å². The highest BCUT2D eigenvalue weighted by Crippen LogP contribution is 2.43. The van der Waals surface area contributed by atoms with Crippen LogP contribution >= 0.6 is 0 Å². The normalized spacial score (nSPS) is 38.9. The fourth-order valence-electron chi connectivity index (χ4n) is 8.59. The Morgan fingerprint density at radius 1 is 0.457 bits per heavy atom. The van der Waals surface area contributed by atoms with Gasteiger partial charge in [-0.15, -0.1) is 0 Å². The van der Waals surface area contributed by atoms with Gasteiger partial charge in [0.05, 0.1) is 0 Å². The van der Waals surface area contributed by atoms with Crippen LogP contribution in [0.25, 0.3) is 0 Å². The zero-order chi connectivity index (χ0) is 24.9. The van der Waals surface area contributed by atoms with Gasteiger partial charge in [-0.25, -0.2) is 0 Å². The van der Waals surface area contributed by atoms with Crippen LogP contribution in [0.2, 0.25) is 0 Å². The molecular weight excluding hydrogens is 420 g/mol. The van der Waals surface area contributed by atoms with Crippen LogP contribution < -0.4 is 0 Å². The summed E-state index contributed by atoms with van der Waals surface area (Å²) in [7, 11) is 0. The molecule has 0 bridgehead atoms. The average molecular weight is 483 g/mol. The molecule has 0 atom stereocenters. The molecule has 0 nitrogen and oxygen atoms in total. The van der Waals surface area contributed by atoms with E-state index >= 15 is 0 Å². The molecule has 0 unspecified atom stereocenters. The summed E-state index contributed by atoms with van der Waals surface area (Å²) < 4.78 is 0. The summed E-state index contributed by atoms with van der Waals surface area (Å²) in [6, 6.07) is 0. The lowest BCUT2D eigenvalue weighted by Crippen LogP contribution is -2.25. The number of rotatable bonds is 7. The van der Waals surface area contributed by atoms with Gasteiger partial charge < -0.3 is 0 Å².